The highest BCUT2D eigenvalue weighted by molar-refractivity contribution is 5.88. The van der Waals surface area contributed by atoms with Crippen molar-refractivity contribution in [2.24, 2.45) is 11.8 Å². The Bertz CT molecular complexity index is 357. The van der Waals surface area contributed by atoms with Gasteiger partial charge in [0.05, 0.1) is 6.10 Å². The lowest BCUT2D eigenvalue weighted by molar-refractivity contribution is -0.155. The summed E-state index contributed by atoms with van der Waals surface area (Å²) in [6.07, 6.45) is 5.82. The normalized spacial score (nSPS) is 30.8. The van der Waals surface area contributed by atoms with Crippen molar-refractivity contribution in [3.05, 3.63) is 0 Å². The Morgan fingerprint density at radius 3 is 2.65 bits per heavy atom. The van der Waals surface area contributed by atoms with Crippen molar-refractivity contribution in [3.63, 3.8) is 0 Å². The molecule has 2 saturated heterocycles. The van der Waals surface area contributed by atoms with Crippen LogP contribution in [0.2, 0.25) is 0 Å². The molecule has 2 heterocycles. The largest absolute Gasteiger partial charge is 0.360 e. The van der Waals surface area contributed by atoms with Gasteiger partial charge in [-0.25, -0.2) is 0 Å². The molecule has 0 radical (unpaired) electrons. The number of carbonyl (C=O) groups excluding carboxylic acids is 1. The maximum atomic E-state index is 11.8. The van der Waals surface area contributed by atoms with Crippen LogP contribution in [-0.4, -0.2) is 48.7 Å². The van der Waals surface area contributed by atoms with Crippen LogP contribution in [0, 0.1) is 11.8 Å². The zero-order chi connectivity index (χ0) is 14.2. The van der Waals surface area contributed by atoms with Crippen molar-refractivity contribution in [2.45, 2.75) is 57.7 Å². The maximum absolute atomic E-state index is 11.8. The summed E-state index contributed by atoms with van der Waals surface area (Å²) in [6, 6.07) is 0. The van der Waals surface area contributed by atoms with Gasteiger partial charge in [0.2, 0.25) is 0 Å². The van der Waals surface area contributed by atoms with Gasteiger partial charge < -0.3 is 15.0 Å². The second-order valence-electron chi connectivity index (χ2n) is 7.22. The predicted molar refractivity (Wildman–Crippen MR) is 78.5 cm³/mol. The minimum atomic E-state index is -0.419. The van der Waals surface area contributed by atoms with Crippen LogP contribution < -0.4 is 5.32 Å². The highest BCUT2D eigenvalue weighted by Gasteiger charge is 2.55. The van der Waals surface area contributed by atoms with E-state index in [2.05, 4.69) is 24.1 Å². The number of rotatable bonds is 4. The lowest BCUT2D eigenvalue weighted by atomic mass is 9.89. The number of hydrogen-bond acceptors (Lipinski definition) is 3. The number of hydrogen-bond donors (Lipinski definition) is 1. The molecule has 3 aliphatic rings. The summed E-state index contributed by atoms with van der Waals surface area (Å²) in [5.41, 5.74) is -0.419. The molecule has 0 aromatic carbocycles. The Balaban J connectivity index is 1.45. The van der Waals surface area contributed by atoms with Gasteiger partial charge in [0.1, 0.15) is 5.60 Å². The molecule has 114 valence electrons. The monoisotopic (exact) mass is 280 g/mol. The Hall–Kier alpha value is -0.610. The Morgan fingerprint density at radius 1 is 1.35 bits per heavy atom. The van der Waals surface area contributed by atoms with Gasteiger partial charge in [-0.2, -0.15) is 0 Å². The maximum Gasteiger partial charge on any atom is 0.252 e. The van der Waals surface area contributed by atoms with Crippen molar-refractivity contribution < 1.29 is 9.53 Å². The summed E-state index contributed by atoms with van der Waals surface area (Å²) in [5.74, 6) is 1.55. The third-order valence-electron chi connectivity index (χ3n) is 5.14. The molecule has 0 aromatic rings. The van der Waals surface area contributed by atoms with Crippen LogP contribution in [0.3, 0.4) is 0 Å². The smallest absolute Gasteiger partial charge is 0.252 e. The Labute approximate surface area is 122 Å². The third-order valence-corrected chi connectivity index (χ3v) is 5.14. The first-order valence-corrected chi connectivity index (χ1v) is 8.27. The van der Waals surface area contributed by atoms with Crippen LogP contribution in [0.25, 0.3) is 0 Å². The molecule has 1 saturated carbocycles. The molecular formula is C16H28N2O2. The van der Waals surface area contributed by atoms with E-state index < -0.39 is 5.60 Å². The summed E-state index contributed by atoms with van der Waals surface area (Å²) in [6.45, 7) is 8.92. The summed E-state index contributed by atoms with van der Waals surface area (Å²) in [7, 11) is 0. The fraction of sp³-hybridized carbons (Fsp3) is 0.938. The number of amides is 1. The van der Waals surface area contributed by atoms with Crippen LogP contribution >= 0.6 is 0 Å². The quantitative estimate of drug-likeness (QED) is 0.853. The number of carbonyl (C=O) groups is 1. The van der Waals surface area contributed by atoms with Crippen LogP contribution in [0.15, 0.2) is 0 Å². The number of nitrogens with one attached hydrogen (secondary N) is 1. The molecule has 0 bridgehead atoms. The molecule has 4 heteroatoms. The highest BCUT2D eigenvalue weighted by atomic mass is 16.5. The van der Waals surface area contributed by atoms with Gasteiger partial charge in [-0.05, 0) is 63.6 Å². The predicted octanol–water partition coefficient (Wildman–Crippen LogP) is 1.79. The van der Waals surface area contributed by atoms with Crippen LogP contribution in [0.4, 0.5) is 0 Å². The molecule has 3 rings (SSSR count). The number of likely N-dealkylation sites (tertiary alicyclic amines) is 1. The highest BCUT2D eigenvalue weighted by Crippen LogP contribution is 2.44. The van der Waals surface area contributed by atoms with E-state index in [9.17, 15) is 4.79 Å². The van der Waals surface area contributed by atoms with E-state index in [1.165, 1.54) is 38.9 Å². The van der Waals surface area contributed by atoms with Crippen molar-refractivity contribution in [3.8, 4) is 0 Å². The van der Waals surface area contributed by atoms with Gasteiger partial charge in [0, 0.05) is 6.54 Å². The average molecular weight is 280 g/mol. The third kappa shape index (κ3) is 3.01. The summed E-state index contributed by atoms with van der Waals surface area (Å²) >= 11 is 0. The van der Waals surface area contributed by atoms with Crippen LogP contribution in [-0.2, 0) is 9.53 Å². The van der Waals surface area contributed by atoms with Crippen molar-refractivity contribution >= 4 is 5.91 Å². The number of ether oxygens (including phenoxy) is 1. The van der Waals surface area contributed by atoms with Crippen molar-refractivity contribution in [2.75, 3.05) is 26.2 Å². The Morgan fingerprint density at radius 2 is 2.05 bits per heavy atom. The number of nitrogens with zero attached hydrogens (tertiary/aromatic N) is 1. The topological polar surface area (TPSA) is 41.6 Å². The lowest BCUT2D eigenvalue weighted by Crippen LogP contribution is -2.54. The molecule has 1 N–H and O–H groups in total. The van der Waals surface area contributed by atoms with Crippen molar-refractivity contribution in [1.29, 1.82) is 0 Å². The minimum absolute atomic E-state index is 0.128. The minimum Gasteiger partial charge on any atom is -0.360 e. The van der Waals surface area contributed by atoms with E-state index in [1.807, 2.05) is 0 Å². The van der Waals surface area contributed by atoms with Gasteiger partial charge in [-0.3, -0.25) is 4.79 Å². The van der Waals surface area contributed by atoms with Gasteiger partial charge in [0.15, 0.2) is 0 Å². The summed E-state index contributed by atoms with van der Waals surface area (Å²) in [5, 5.41) is 3.06. The molecule has 3 fully saturated rings. The van der Waals surface area contributed by atoms with Crippen LogP contribution in [0.1, 0.15) is 46.0 Å². The van der Waals surface area contributed by atoms with E-state index in [-0.39, 0.29) is 12.0 Å². The zero-order valence-electron chi connectivity index (χ0n) is 12.9. The molecule has 1 spiro atoms. The first kappa shape index (κ1) is 14.3. The summed E-state index contributed by atoms with van der Waals surface area (Å²) < 4.78 is 6.14. The molecular weight excluding hydrogens is 252 g/mol. The second kappa shape index (κ2) is 5.64. The Kier molecular flexibility index (Phi) is 4.04. The van der Waals surface area contributed by atoms with E-state index >= 15 is 0 Å². The van der Waals surface area contributed by atoms with E-state index in [1.54, 1.807) is 0 Å². The molecule has 1 aliphatic carbocycles. The fourth-order valence-corrected chi connectivity index (χ4v) is 3.45. The van der Waals surface area contributed by atoms with Gasteiger partial charge in [-0.1, -0.05) is 13.8 Å². The molecule has 0 aromatic heterocycles. The molecule has 1 unspecified atom stereocenters. The zero-order valence-corrected chi connectivity index (χ0v) is 12.9. The lowest BCUT2D eigenvalue weighted by Gasteiger charge is -2.39. The fourth-order valence-electron chi connectivity index (χ4n) is 3.45. The van der Waals surface area contributed by atoms with Crippen LogP contribution in [0.5, 0.6) is 0 Å². The van der Waals surface area contributed by atoms with E-state index in [4.69, 9.17) is 4.74 Å². The first-order valence-electron chi connectivity index (χ1n) is 8.27. The van der Waals surface area contributed by atoms with Gasteiger partial charge >= 0.3 is 0 Å². The van der Waals surface area contributed by atoms with Crippen molar-refractivity contribution in [1.82, 2.24) is 10.2 Å². The van der Waals surface area contributed by atoms with Gasteiger partial charge in [0.25, 0.3) is 5.91 Å². The molecule has 4 nitrogen and oxygen atoms in total. The first-order chi connectivity index (χ1) is 9.59. The summed E-state index contributed by atoms with van der Waals surface area (Å²) in [4.78, 5) is 14.4. The molecule has 2 aliphatic heterocycles. The standard InChI is InChI=1S/C16H28N2O2/c1-12(2)3-8-18-9-4-13(5-10-18)14-11-17-15(19)16(20-14)6-7-16/h12-14H,3-11H2,1-2H3,(H,17,19). The van der Waals surface area contributed by atoms with Gasteiger partial charge in [-0.15, -0.1) is 0 Å². The number of piperidine rings is 1. The molecule has 20 heavy (non-hydrogen) atoms. The second-order valence-corrected chi connectivity index (χ2v) is 7.22. The SMILES string of the molecule is CC(C)CCN1CCC(C2CNC(=O)C3(CC3)O2)CC1. The molecule has 1 atom stereocenters. The average Bonchev–Trinajstić information content (AvgIpc) is 3.21. The van der Waals surface area contributed by atoms with E-state index in [0.29, 0.717) is 5.92 Å². The van der Waals surface area contributed by atoms with E-state index in [0.717, 1.165) is 25.3 Å². The number of morpholine rings is 1. The molecule has 1 amide bonds.